The molecule has 0 spiro atoms. The monoisotopic (exact) mass is 182 g/mol. The molecular weight excluding hydrogens is 167 g/mol. The van der Waals surface area contributed by atoms with Crippen LogP contribution in [0.25, 0.3) is 0 Å². The molecule has 13 heavy (non-hydrogen) atoms. The van der Waals surface area contributed by atoms with Crippen molar-refractivity contribution in [2.45, 2.75) is 25.8 Å². The van der Waals surface area contributed by atoms with Crippen LogP contribution in [0.15, 0.2) is 18.2 Å². The van der Waals surface area contributed by atoms with Crippen LogP contribution in [-0.4, -0.2) is 0 Å². The zero-order valence-electron chi connectivity index (χ0n) is 7.76. The standard InChI is InChI=1S/C10H15FN2/c1-2-3-9(12)7-4-5-10(13)8(11)6-7/h4-6,9H,2-3,12-13H2,1H3/t9-/m0/s1. The minimum Gasteiger partial charge on any atom is -0.396 e. The van der Waals surface area contributed by atoms with Crippen LogP contribution in [-0.2, 0) is 0 Å². The van der Waals surface area contributed by atoms with Gasteiger partial charge in [-0.15, -0.1) is 0 Å². The Morgan fingerprint density at radius 2 is 2.15 bits per heavy atom. The highest BCUT2D eigenvalue weighted by Crippen LogP contribution is 2.19. The molecule has 1 aromatic carbocycles. The van der Waals surface area contributed by atoms with E-state index in [-0.39, 0.29) is 17.5 Å². The van der Waals surface area contributed by atoms with Gasteiger partial charge in [0.1, 0.15) is 5.82 Å². The molecule has 0 aliphatic heterocycles. The van der Waals surface area contributed by atoms with Crippen LogP contribution in [0.4, 0.5) is 10.1 Å². The molecule has 0 aliphatic rings. The van der Waals surface area contributed by atoms with Gasteiger partial charge in [0.15, 0.2) is 0 Å². The summed E-state index contributed by atoms with van der Waals surface area (Å²) in [5.74, 6) is -0.385. The molecule has 0 saturated heterocycles. The fraction of sp³-hybridized carbons (Fsp3) is 0.400. The first kappa shape index (κ1) is 9.99. The molecule has 3 heteroatoms. The van der Waals surface area contributed by atoms with E-state index in [1.54, 1.807) is 12.1 Å². The lowest BCUT2D eigenvalue weighted by atomic mass is 10.0. The molecule has 0 aliphatic carbocycles. The summed E-state index contributed by atoms with van der Waals surface area (Å²) in [5.41, 5.74) is 12.2. The van der Waals surface area contributed by atoms with Crippen molar-refractivity contribution in [3.05, 3.63) is 29.6 Å². The molecule has 4 N–H and O–H groups in total. The lowest BCUT2D eigenvalue weighted by molar-refractivity contribution is 0.608. The first-order valence-corrected chi connectivity index (χ1v) is 4.45. The van der Waals surface area contributed by atoms with Gasteiger partial charge in [0.25, 0.3) is 0 Å². The topological polar surface area (TPSA) is 52.0 Å². The molecule has 1 aromatic rings. The average molecular weight is 182 g/mol. The Balaban J connectivity index is 2.84. The number of nitrogens with two attached hydrogens (primary N) is 2. The molecule has 0 amide bonds. The smallest absolute Gasteiger partial charge is 0.146 e. The molecule has 0 radical (unpaired) electrons. The lowest BCUT2D eigenvalue weighted by Gasteiger charge is -2.10. The van der Waals surface area contributed by atoms with Crippen LogP contribution in [0.2, 0.25) is 0 Å². The highest BCUT2D eigenvalue weighted by atomic mass is 19.1. The van der Waals surface area contributed by atoms with Gasteiger partial charge in [0.2, 0.25) is 0 Å². The van der Waals surface area contributed by atoms with Crippen LogP contribution in [0.5, 0.6) is 0 Å². The van der Waals surface area contributed by atoms with Gasteiger partial charge in [-0.05, 0) is 24.1 Å². The van der Waals surface area contributed by atoms with Crippen molar-refractivity contribution in [1.82, 2.24) is 0 Å². The summed E-state index contributed by atoms with van der Waals surface area (Å²) in [4.78, 5) is 0. The molecule has 0 bridgehead atoms. The number of hydrogen-bond acceptors (Lipinski definition) is 2. The minimum atomic E-state index is -0.385. The van der Waals surface area contributed by atoms with Gasteiger partial charge in [-0.1, -0.05) is 19.4 Å². The van der Waals surface area contributed by atoms with Crippen molar-refractivity contribution >= 4 is 5.69 Å². The van der Waals surface area contributed by atoms with Crippen LogP contribution in [0.3, 0.4) is 0 Å². The third-order valence-corrected chi connectivity index (χ3v) is 2.05. The fourth-order valence-corrected chi connectivity index (χ4v) is 1.25. The number of nitrogen functional groups attached to an aromatic ring is 1. The van der Waals surface area contributed by atoms with Crippen molar-refractivity contribution < 1.29 is 4.39 Å². The van der Waals surface area contributed by atoms with E-state index in [0.717, 1.165) is 18.4 Å². The van der Waals surface area contributed by atoms with E-state index in [1.165, 1.54) is 6.07 Å². The Morgan fingerprint density at radius 1 is 1.46 bits per heavy atom. The summed E-state index contributed by atoms with van der Waals surface area (Å²) >= 11 is 0. The van der Waals surface area contributed by atoms with E-state index in [2.05, 4.69) is 0 Å². The van der Waals surface area contributed by atoms with Crippen molar-refractivity contribution in [2.75, 3.05) is 5.73 Å². The van der Waals surface area contributed by atoms with E-state index in [9.17, 15) is 4.39 Å². The van der Waals surface area contributed by atoms with Crippen molar-refractivity contribution in [2.24, 2.45) is 5.73 Å². The van der Waals surface area contributed by atoms with Crippen LogP contribution >= 0.6 is 0 Å². The SMILES string of the molecule is CCC[C@H](N)c1ccc(N)c(F)c1. The van der Waals surface area contributed by atoms with Gasteiger partial charge < -0.3 is 11.5 Å². The molecule has 0 fully saturated rings. The summed E-state index contributed by atoms with van der Waals surface area (Å²) in [6.07, 6.45) is 1.86. The highest BCUT2D eigenvalue weighted by molar-refractivity contribution is 5.41. The second-order valence-electron chi connectivity index (χ2n) is 3.18. The number of hydrogen-bond donors (Lipinski definition) is 2. The van der Waals surface area contributed by atoms with E-state index < -0.39 is 0 Å². The molecule has 1 rings (SSSR count). The Labute approximate surface area is 77.7 Å². The van der Waals surface area contributed by atoms with Gasteiger partial charge in [-0.2, -0.15) is 0 Å². The Bertz CT molecular complexity index is 286. The van der Waals surface area contributed by atoms with Crippen molar-refractivity contribution in [3.8, 4) is 0 Å². The van der Waals surface area contributed by atoms with E-state index >= 15 is 0 Å². The highest BCUT2D eigenvalue weighted by Gasteiger charge is 2.06. The van der Waals surface area contributed by atoms with E-state index in [1.807, 2.05) is 6.92 Å². The third-order valence-electron chi connectivity index (χ3n) is 2.05. The van der Waals surface area contributed by atoms with Gasteiger partial charge in [-0.3, -0.25) is 0 Å². The number of rotatable bonds is 3. The first-order valence-electron chi connectivity index (χ1n) is 4.45. The van der Waals surface area contributed by atoms with E-state index in [0.29, 0.717) is 0 Å². The average Bonchev–Trinajstić information content (AvgIpc) is 2.10. The van der Waals surface area contributed by atoms with Gasteiger partial charge in [0.05, 0.1) is 5.69 Å². The Hall–Kier alpha value is -1.09. The minimum absolute atomic E-state index is 0.0832. The number of anilines is 1. The lowest BCUT2D eigenvalue weighted by Crippen LogP contribution is -2.10. The normalized spacial score (nSPS) is 12.8. The van der Waals surface area contributed by atoms with E-state index in [4.69, 9.17) is 11.5 Å². The molecule has 0 saturated carbocycles. The second kappa shape index (κ2) is 4.23. The molecule has 0 heterocycles. The maximum atomic E-state index is 13.0. The van der Waals surface area contributed by atoms with Crippen LogP contribution < -0.4 is 11.5 Å². The molecule has 2 nitrogen and oxygen atoms in total. The molecule has 72 valence electrons. The first-order chi connectivity index (χ1) is 6.15. The largest absolute Gasteiger partial charge is 0.396 e. The maximum absolute atomic E-state index is 13.0. The third kappa shape index (κ3) is 2.42. The van der Waals surface area contributed by atoms with Crippen molar-refractivity contribution in [3.63, 3.8) is 0 Å². The zero-order chi connectivity index (χ0) is 9.84. The summed E-state index contributed by atoms with van der Waals surface area (Å²) in [7, 11) is 0. The Morgan fingerprint density at radius 3 is 2.69 bits per heavy atom. The molecule has 0 unspecified atom stereocenters. The molecular formula is C10H15FN2. The van der Waals surface area contributed by atoms with Crippen LogP contribution in [0.1, 0.15) is 31.4 Å². The fourth-order valence-electron chi connectivity index (χ4n) is 1.25. The molecule has 0 aromatic heterocycles. The number of halogens is 1. The van der Waals surface area contributed by atoms with Crippen molar-refractivity contribution in [1.29, 1.82) is 0 Å². The summed E-state index contributed by atoms with van der Waals surface area (Å²) in [6.45, 7) is 2.05. The Kier molecular flexibility index (Phi) is 3.25. The van der Waals surface area contributed by atoms with Crippen LogP contribution in [0, 0.1) is 5.82 Å². The van der Waals surface area contributed by atoms with Gasteiger partial charge in [-0.25, -0.2) is 4.39 Å². The summed E-state index contributed by atoms with van der Waals surface area (Å²) < 4.78 is 13.0. The number of benzene rings is 1. The van der Waals surface area contributed by atoms with Gasteiger partial charge in [0, 0.05) is 6.04 Å². The quantitative estimate of drug-likeness (QED) is 0.704. The predicted octanol–water partition coefficient (Wildman–Crippen LogP) is 2.21. The van der Waals surface area contributed by atoms with Gasteiger partial charge >= 0.3 is 0 Å². The summed E-state index contributed by atoms with van der Waals surface area (Å²) in [5, 5.41) is 0. The molecule has 1 atom stereocenters. The maximum Gasteiger partial charge on any atom is 0.146 e. The summed E-state index contributed by atoms with van der Waals surface area (Å²) in [6, 6.07) is 4.66. The predicted molar refractivity (Wildman–Crippen MR) is 52.6 cm³/mol. The second-order valence-corrected chi connectivity index (χ2v) is 3.18. The zero-order valence-corrected chi connectivity index (χ0v) is 7.76.